The summed E-state index contributed by atoms with van der Waals surface area (Å²) in [4.78, 5) is 22.1. The largest absolute Gasteiger partial charge is 0.495 e. The second kappa shape index (κ2) is 11.3. The normalized spacial score (nSPS) is 17.3. The van der Waals surface area contributed by atoms with Gasteiger partial charge in [-0.3, -0.25) is 10.1 Å². The first-order valence-electron chi connectivity index (χ1n) is 11.9. The van der Waals surface area contributed by atoms with E-state index in [0.29, 0.717) is 34.5 Å². The summed E-state index contributed by atoms with van der Waals surface area (Å²) in [5, 5.41) is 22.4. The van der Waals surface area contributed by atoms with Crippen molar-refractivity contribution in [1.82, 2.24) is 15.3 Å². The Morgan fingerprint density at radius 2 is 1.92 bits per heavy atom. The highest BCUT2D eigenvalue weighted by Crippen LogP contribution is 2.30. The van der Waals surface area contributed by atoms with Crippen LogP contribution >= 0.6 is 12.2 Å². The lowest BCUT2D eigenvalue weighted by Crippen LogP contribution is -2.36. The fraction of sp³-hybridized carbons (Fsp3) is 0.400. The zero-order valence-corrected chi connectivity index (χ0v) is 21.5. The smallest absolute Gasteiger partial charge is 0.271 e. The van der Waals surface area contributed by atoms with Gasteiger partial charge in [0.2, 0.25) is 5.95 Å². The van der Waals surface area contributed by atoms with E-state index < -0.39 is 4.92 Å². The van der Waals surface area contributed by atoms with Crippen LogP contribution in [0.15, 0.2) is 42.5 Å². The van der Waals surface area contributed by atoms with Gasteiger partial charge in [-0.2, -0.15) is 4.98 Å². The van der Waals surface area contributed by atoms with Crippen LogP contribution in [0.4, 0.5) is 23.1 Å². The summed E-state index contributed by atoms with van der Waals surface area (Å²) in [5.74, 6) is 2.53. The molecule has 0 amide bonds. The quantitative estimate of drug-likeness (QED) is 0.226. The number of nitrogens with zero attached hydrogens (tertiary/aromatic N) is 4. The third kappa shape index (κ3) is 6.09. The Kier molecular flexibility index (Phi) is 7.99. The number of benzene rings is 2. The third-order valence-electron chi connectivity index (χ3n) is 6.38. The predicted octanol–water partition coefficient (Wildman–Crippen LogP) is 4.57. The van der Waals surface area contributed by atoms with Gasteiger partial charge < -0.3 is 25.6 Å². The van der Waals surface area contributed by atoms with Crippen LogP contribution < -0.4 is 25.6 Å². The van der Waals surface area contributed by atoms with Crippen molar-refractivity contribution < 1.29 is 9.66 Å². The van der Waals surface area contributed by atoms with Crippen LogP contribution in [-0.4, -0.2) is 53.8 Å². The highest BCUT2D eigenvalue weighted by atomic mass is 32.1. The molecule has 0 atom stereocenters. The van der Waals surface area contributed by atoms with Gasteiger partial charge in [-0.15, -0.1) is 0 Å². The summed E-state index contributed by atoms with van der Waals surface area (Å²) in [6, 6.07) is 12.7. The van der Waals surface area contributed by atoms with Gasteiger partial charge in [-0.1, -0.05) is 12.1 Å². The molecule has 3 N–H and O–H groups in total. The first-order valence-corrected chi connectivity index (χ1v) is 12.3. The van der Waals surface area contributed by atoms with E-state index >= 15 is 0 Å². The van der Waals surface area contributed by atoms with Crippen molar-refractivity contribution in [1.29, 1.82) is 0 Å². The number of aromatic nitrogens is 2. The van der Waals surface area contributed by atoms with Crippen LogP contribution in [0.2, 0.25) is 0 Å². The predicted molar refractivity (Wildman–Crippen MR) is 147 cm³/mol. The SMILES string of the molecule is COc1ccc([N+](=O)[O-])cc1NC(=S)NC[C@H]1CC[C@@H](Nc2nc(N(C)C)c3ccccc3n2)CC1. The van der Waals surface area contributed by atoms with Gasteiger partial charge in [0.15, 0.2) is 5.11 Å². The van der Waals surface area contributed by atoms with E-state index in [4.69, 9.17) is 26.9 Å². The van der Waals surface area contributed by atoms with Gasteiger partial charge in [-0.25, -0.2) is 4.98 Å². The molecule has 36 heavy (non-hydrogen) atoms. The molecule has 3 aromatic rings. The number of non-ortho nitro benzene ring substituents is 1. The Hall–Kier alpha value is -3.73. The molecule has 11 heteroatoms. The van der Waals surface area contributed by atoms with E-state index in [9.17, 15) is 10.1 Å². The number of hydrogen-bond acceptors (Lipinski definition) is 8. The standard InChI is InChI=1S/C25H31N7O3S/c1-31(2)23-19-6-4-5-7-20(19)28-24(30-23)27-17-10-8-16(9-11-17)15-26-25(36)29-21-14-18(32(33)34)12-13-22(21)35-3/h4-7,12-14,16-17H,8-11,15H2,1-3H3,(H2,26,29,36)(H,27,28,30)/t16-,17+. The molecule has 0 aliphatic heterocycles. The summed E-state index contributed by atoms with van der Waals surface area (Å²) < 4.78 is 5.29. The lowest BCUT2D eigenvalue weighted by atomic mass is 9.86. The molecular formula is C25H31N7O3S. The molecule has 1 saturated carbocycles. The Morgan fingerprint density at radius 3 is 2.61 bits per heavy atom. The van der Waals surface area contributed by atoms with Crippen LogP contribution in [-0.2, 0) is 0 Å². The molecule has 0 radical (unpaired) electrons. The maximum atomic E-state index is 11.1. The number of para-hydroxylation sites is 1. The molecule has 0 unspecified atom stereocenters. The number of hydrogen-bond donors (Lipinski definition) is 3. The second-order valence-corrected chi connectivity index (χ2v) is 9.53. The van der Waals surface area contributed by atoms with E-state index in [-0.39, 0.29) is 5.69 Å². The van der Waals surface area contributed by atoms with Crippen molar-refractivity contribution in [2.75, 3.05) is 43.3 Å². The van der Waals surface area contributed by atoms with Gasteiger partial charge >= 0.3 is 0 Å². The first-order chi connectivity index (χ1) is 17.3. The van der Waals surface area contributed by atoms with Gasteiger partial charge in [0.05, 0.1) is 23.2 Å². The van der Waals surface area contributed by atoms with E-state index in [1.54, 1.807) is 6.07 Å². The van der Waals surface area contributed by atoms with Crippen LogP contribution in [0.5, 0.6) is 5.75 Å². The molecule has 0 saturated heterocycles. The number of methoxy groups -OCH3 is 1. The first kappa shape index (κ1) is 25.4. The number of nitrogens with one attached hydrogen (secondary N) is 3. The second-order valence-electron chi connectivity index (χ2n) is 9.12. The topological polar surface area (TPSA) is 117 Å². The average molecular weight is 510 g/mol. The van der Waals surface area contributed by atoms with E-state index in [0.717, 1.165) is 48.9 Å². The summed E-state index contributed by atoms with van der Waals surface area (Å²) in [6.07, 6.45) is 4.11. The minimum absolute atomic E-state index is 0.0278. The zero-order chi connectivity index (χ0) is 25.7. The number of anilines is 3. The maximum absolute atomic E-state index is 11.1. The molecular weight excluding hydrogens is 478 g/mol. The Morgan fingerprint density at radius 1 is 1.17 bits per heavy atom. The van der Waals surface area contributed by atoms with E-state index in [1.165, 1.54) is 19.2 Å². The summed E-state index contributed by atoms with van der Waals surface area (Å²) in [6.45, 7) is 0.729. The molecule has 1 aliphatic carbocycles. The molecule has 4 rings (SSSR count). The molecule has 1 fully saturated rings. The zero-order valence-electron chi connectivity index (χ0n) is 20.7. The molecule has 0 spiro atoms. The molecule has 1 aromatic heterocycles. The third-order valence-corrected chi connectivity index (χ3v) is 6.63. The number of nitro groups is 1. The number of fused-ring (bicyclic) bond motifs is 1. The molecule has 1 aliphatic rings. The molecule has 190 valence electrons. The van der Waals surface area contributed by atoms with Crippen molar-refractivity contribution in [3.63, 3.8) is 0 Å². The van der Waals surface area contributed by atoms with E-state index in [2.05, 4.69) is 16.0 Å². The Balaban J connectivity index is 1.29. The van der Waals surface area contributed by atoms with Gasteiger partial charge in [0.1, 0.15) is 11.6 Å². The highest BCUT2D eigenvalue weighted by molar-refractivity contribution is 7.80. The fourth-order valence-electron chi connectivity index (χ4n) is 4.47. The van der Waals surface area contributed by atoms with Crippen LogP contribution in [0.25, 0.3) is 10.9 Å². The van der Waals surface area contributed by atoms with Crippen molar-refractivity contribution >= 4 is 51.4 Å². The van der Waals surface area contributed by atoms with Crippen molar-refractivity contribution in [3.05, 3.63) is 52.6 Å². The molecule has 1 heterocycles. The lowest BCUT2D eigenvalue weighted by molar-refractivity contribution is -0.384. The van der Waals surface area contributed by atoms with Crippen LogP contribution in [0.3, 0.4) is 0 Å². The highest BCUT2D eigenvalue weighted by Gasteiger charge is 2.23. The van der Waals surface area contributed by atoms with Gasteiger partial charge in [0, 0.05) is 44.2 Å². The number of thiocarbonyl (C=S) groups is 1. The lowest BCUT2D eigenvalue weighted by Gasteiger charge is -2.30. The minimum atomic E-state index is -0.447. The maximum Gasteiger partial charge on any atom is 0.271 e. The average Bonchev–Trinajstić information content (AvgIpc) is 2.87. The van der Waals surface area contributed by atoms with Gasteiger partial charge in [-0.05, 0) is 62.0 Å². The minimum Gasteiger partial charge on any atom is -0.495 e. The number of ether oxygens (including phenoxy) is 1. The number of rotatable bonds is 8. The number of nitro benzene ring substituents is 1. The van der Waals surface area contributed by atoms with Crippen molar-refractivity contribution in [2.24, 2.45) is 5.92 Å². The molecule has 0 bridgehead atoms. The molecule has 10 nitrogen and oxygen atoms in total. The summed E-state index contributed by atoms with van der Waals surface area (Å²) >= 11 is 5.42. The summed E-state index contributed by atoms with van der Waals surface area (Å²) in [7, 11) is 5.50. The Labute approximate surface area is 215 Å². The van der Waals surface area contributed by atoms with E-state index in [1.807, 2.05) is 43.3 Å². The molecule has 2 aromatic carbocycles. The summed E-state index contributed by atoms with van der Waals surface area (Å²) in [5.41, 5.74) is 1.36. The van der Waals surface area contributed by atoms with Crippen LogP contribution in [0, 0.1) is 16.0 Å². The monoisotopic (exact) mass is 509 g/mol. The van der Waals surface area contributed by atoms with Crippen molar-refractivity contribution in [2.45, 2.75) is 31.7 Å². The van der Waals surface area contributed by atoms with Crippen molar-refractivity contribution in [3.8, 4) is 5.75 Å². The fourth-order valence-corrected chi connectivity index (χ4v) is 4.66. The van der Waals surface area contributed by atoms with Crippen LogP contribution in [0.1, 0.15) is 25.7 Å². The Bertz CT molecular complexity index is 1250. The van der Waals surface area contributed by atoms with Gasteiger partial charge in [0.25, 0.3) is 5.69 Å².